The van der Waals surface area contributed by atoms with E-state index in [0.717, 1.165) is 17.3 Å². The molecule has 134 valence electrons. The lowest BCUT2D eigenvalue weighted by molar-refractivity contribution is 0.111. The van der Waals surface area contributed by atoms with Gasteiger partial charge in [-0.2, -0.15) is 0 Å². The van der Waals surface area contributed by atoms with Crippen molar-refractivity contribution in [3.05, 3.63) is 81.8 Å². The molecule has 26 heavy (non-hydrogen) atoms. The molecule has 0 saturated carbocycles. The van der Waals surface area contributed by atoms with Gasteiger partial charge in [-0.1, -0.05) is 46.9 Å². The van der Waals surface area contributed by atoms with Crippen LogP contribution in [0.2, 0.25) is 15.1 Å². The fourth-order valence-corrected chi connectivity index (χ4v) is 3.55. The fourth-order valence-electron chi connectivity index (χ4n) is 2.26. The van der Waals surface area contributed by atoms with E-state index in [4.69, 9.17) is 39.5 Å². The van der Waals surface area contributed by atoms with Crippen LogP contribution in [0.5, 0.6) is 0 Å². The van der Waals surface area contributed by atoms with Crippen LogP contribution in [0.4, 0.5) is 4.79 Å². The largest absolute Gasteiger partial charge is 0.447 e. The summed E-state index contributed by atoms with van der Waals surface area (Å²) in [4.78, 5) is 17.0. The molecule has 4 nitrogen and oxygen atoms in total. The summed E-state index contributed by atoms with van der Waals surface area (Å²) in [6.45, 7) is 0.433. The third kappa shape index (κ3) is 5.17. The molecule has 0 fully saturated rings. The molecule has 1 unspecified atom stereocenters. The Morgan fingerprint density at radius 1 is 1.12 bits per heavy atom. The first-order chi connectivity index (χ1) is 12.5. The van der Waals surface area contributed by atoms with Gasteiger partial charge in [-0.25, -0.2) is 9.78 Å². The number of hydrogen-bond donors (Lipinski definition) is 0. The lowest BCUT2D eigenvalue weighted by Crippen LogP contribution is -2.14. The average Bonchev–Trinajstić information content (AvgIpc) is 3.11. The second-order valence-electron chi connectivity index (χ2n) is 5.34. The average molecular weight is 428 g/mol. The van der Waals surface area contributed by atoms with Crippen molar-refractivity contribution in [2.45, 2.75) is 17.5 Å². The Balaban J connectivity index is 1.75. The molecule has 0 amide bonds. The molecule has 0 aliphatic heterocycles. The van der Waals surface area contributed by atoms with Crippen LogP contribution in [-0.2, 0) is 11.3 Å². The highest BCUT2D eigenvalue weighted by molar-refractivity contribution is 8.13. The molecule has 0 N–H and O–H groups in total. The first-order valence-electron chi connectivity index (χ1n) is 7.56. The lowest BCUT2D eigenvalue weighted by atomic mass is 10.1. The van der Waals surface area contributed by atoms with Crippen molar-refractivity contribution in [1.82, 2.24) is 9.55 Å². The van der Waals surface area contributed by atoms with Crippen LogP contribution in [0.25, 0.3) is 0 Å². The highest BCUT2D eigenvalue weighted by atomic mass is 35.5. The van der Waals surface area contributed by atoms with Crippen LogP contribution >= 0.6 is 46.6 Å². The highest BCUT2D eigenvalue weighted by Gasteiger charge is 2.19. The van der Waals surface area contributed by atoms with Crippen molar-refractivity contribution in [1.29, 1.82) is 0 Å². The van der Waals surface area contributed by atoms with Gasteiger partial charge in [0.25, 0.3) is 0 Å². The number of carbonyl (C=O) groups is 1. The van der Waals surface area contributed by atoms with E-state index in [-0.39, 0.29) is 0 Å². The Morgan fingerprint density at radius 2 is 1.85 bits per heavy atom. The van der Waals surface area contributed by atoms with Gasteiger partial charge in [0.1, 0.15) is 6.10 Å². The molecule has 0 bridgehead atoms. The van der Waals surface area contributed by atoms with E-state index < -0.39 is 11.4 Å². The van der Waals surface area contributed by atoms with Crippen LogP contribution in [0, 0.1) is 0 Å². The van der Waals surface area contributed by atoms with Gasteiger partial charge in [-0.05, 0) is 47.7 Å². The minimum Gasteiger partial charge on any atom is -0.447 e. The number of hydrogen-bond acceptors (Lipinski definition) is 4. The number of halogens is 3. The zero-order valence-electron chi connectivity index (χ0n) is 13.3. The first kappa shape index (κ1) is 19.1. The minimum absolute atomic E-state index is 0.400. The Labute approximate surface area is 170 Å². The number of carbonyl (C=O) groups excluding carboxylic acids is 1. The Kier molecular flexibility index (Phi) is 6.48. The molecule has 1 atom stereocenters. The number of nitrogens with zero attached hydrogens (tertiary/aromatic N) is 2. The summed E-state index contributed by atoms with van der Waals surface area (Å²) in [7, 11) is 0. The summed E-state index contributed by atoms with van der Waals surface area (Å²) in [5, 5.41) is 1.06. The number of ether oxygens (including phenoxy) is 1. The van der Waals surface area contributed by atoms with E-state index in [9.17, 15) is 4.79 Å². The molecule has 3 aromatic rings. The van der Waals surface area contributed by atoms with Crippen LogP contribution < -0.4 is 0 Å². The molecule has 8 heteroatoms. The van der Waals surface area contributed by atoms with E-state index in [0.29, 0.717) is 26.5 Å². The van der Waals surface area contributed by atoms with Gasteiger partial charge >= 0.3 is 5.30 Å². The van der Waals surface area contributed by atoms with Crippen LogP contribution in [0.15, 0.2) is 66.1 Å². The van der Waals surface area contributed by atoms with Gasteiger partial charge < -0.3 is 9.30 Å². The zero-order chi connectivity index (χ0) is 18.5. The van der Waals surface area contributed by atoms with E-state index >= 15 is 0 Å². The molecule has 1 aromatic heterocycles. The second-order valence-corrected chi connectivity index (χ2v) is 7.60. The van der Waals surface area contributed by atoms with Crippen molar-refractivity contribution in [2.24, 2.45) is 0 Å². The van der Waals surface area contributed by atoms with E-state index in [1.54, 1.807) is 49.1 Å². The van der Waals surface area contributed by atoms with E-state index in [2.05, 4.69) is 4.98 Å². The SMILES string of the molecule is O=C(OC(Cn1ccnc1)c1ccc(Cl)cc1)Sc1ccc(Cl)cc1Cl. The smallest absolute Gasteiger partial charge is 0.372 e. The van der Waals surface area contributed by atoms with Crippen molar-refractivity contribution in [3.8, 4) is 0 Å². The van der Waals surface area contributed by atoms with Gasteiger partial charge in [-0.15, -0.1) is 0 Å². The summed E-state index contributed by atoms with van der Waals surface area (Å²) >= 11 is 18.9. The molecule has 0 aliphatic rings. The number of imidazole rings is 1. The summed E-state index contributed by atoms with van der Waals surface area (Å²) in [6, 6.07) is 12.1. The van der Waals surface area contributed by atoms with Gasteiger partial charge in [0.05, 0.1) is 17.9 Å². The number of rotatable bonds is 5. The van der Waals surface area contributed by atoms with Gasteiger partial charge in [0.15, 0.2) is 0 Å². The topological polar surface area (TPSA) is 44.1 Å². The molecule has 3 rings (SSSR count). The summed E-state index contributed by atoms with van der Waals surface area (Å²) in [5.74, 6) is 0. The molecular formula is C18H13Cl3N2O2S. The molecule has 0 aliphatic carbocycles. The van der Waals surface area contributed by atoms with Crippen molar-refractivity contribution < 1.29 is 9.53 Å². The third-order valence-electron chi connectivity index (χ3n) is 3.50. The van der Waals surface area contributed by atoms with Crippen molar-refractivity contribution in [2.75, 3.05) is 0 Å². The quantitative estimate of drug-likeness (QED) is 0.344. The van der Waals surface area contributed by atoms with Gasteiger partial charge in [0.2, 0.25) is 0 Å². The maximum atomic E-state index is 12.4. The molecule has 0 radical (unpaired) electrons. The molecular weight excluding hydrogens is 415 g/mol. The van der Waals surface area contributed by atoms with Crippen molar-refractivity contribution >= 4 is 51.9 Å². The molecule has 0 spiro atoms. The summed E-state index contributed by atoms with van der Waals surface area (Å²) in [5.41, 5.74) is 0.833. The molecule has 2 aromatic carbocycles. The summed E-state index contributed by atoms with van der Waals surface area (Å²) < 4.78 is 7.52. The fraction of sp³-hybridized carbons (Fsp3) is 0.111. The predicted molar refractivity (Wildman–Crippen MR) is 105 cm³/mol. The lowest BCUT2D eigenvalue weighted by Gasteiger charge is -2.19. The van der Waals surface area contributed by atoms with Crippen LogP contribution in [-0.4, -0.2) is 14.9 Å². The number of benzene rings is 2. The monoisotopic (exact) mass is 426 g/mol. The van der Waals surface area contributed by atoms with Gasteiger partial charge in [0, 0.05) is 27.3 Å². The normalized spacial score (nSPS) is 12.0. The maximum Gasteiger partial charge on any atom is 0.372 e. The number of thioether (sulfide) groups is 1. The minimum atomic E-state index is -0.493. The van der Waals surface area contributed by atoms with Crippen molar-refractivity contribution in [3.63, 3.8) is 0 Å². The van der Waals surface area contributed by atoms with Crippen LogP contribution in [0.3, 0.4) is 0 Å². The van der Waals surface area contributed by atoms with E-state index in [1.807, 2.05) is 16.7 Å². The second kappa shape index (κ2) is 8.82. The first-order valence-corrected chi connectivity index (χ1v) is 9.51. The maximum absolute atomic E-state index is 12.4. The van der Waals surface area contributed by atoms with E-state index in [1.165, 1.54) is 0 Å². The molecule has 1 heterocycles. The predicted octanol–water partition coefficient (Wildman–Crippen LogP) is 6.51. The number of aromatic nitrogens is 2. The van der Waals surface area contributed by atoms with Gasteiger partial charge in [-0.3, -0.25) is 0 Å². The summed E-state index contributed by atoms with van der Waals surface area (Å²) in [6.07, 6.45) is 4.65. The van der Waals surface area contributed by atoms with Crippen LogP contribution in [0.1, 0.15) is 11.7 Å². The Bertz CT molecular complexity index is 886. The molecule has 0 saturated heterocycles. The standard InChI is InChI=1S/C18H13Cl3N2O2S/c19-13-3-1-12(2-4-13)16(10-23-8-7-22-11-23)25-18(24)26-17-6-5-14(20)9-15(17)21/h1-9,11,16H,10H2. The highest BCUT2D eigenvalue weighted by Crippen LogP contribution is 2.33. The zero-order valence-corrected chi connectivity index (χ0v) is 16.4. The Morgan fingerprint density at radius 3 is 2.50 bits per heavy atom. The Hall–Kier alpha value is -1.66. The third-order valence-corrected chi connectivity index (χ3v) is 5.25.